The van der Waals surface area contributed by atoms with Crippen molar-refractivity contribution >= 4 is 22.4 Å². The van der Waals surface area contributed by atoms with E-state index >= 15 is 0 Å². The molecule has 0 aliphatic heterocycles. The lowest BCUT2D eigenvalue weighted by atomic mass is 10.2. The van der Waals surface area contributed by atoms with Gasteiger partial charge in [-0.25, -0.2) is 4.98 Å². The summed E-state index contributed by atoms with van der Waals surface area (Å²) in [5.74, 6) is 1.81. The highest BCUT2D eigenvalue weighted by atomic mass is 16.5. The molecule has 2 aromatic carbocycles. The highest BCUT2D eigenvalue weighted by Gasteiger charge is 2.12. The maximum absolute atomic E-state index is 12.3. The molecule has 7 nitrogen and oxygen atoms in total. The topological polar surface area (TPSA) is 92.8 Å². The van der Waals surface area contributed by atoms with Gasteiger partial charge in [-0.1, -0.05) is 32.0 Å². The molecule has 7 heteroatoms. The number of anilines is 1. The second-order valence-electron chi connectivity index (χ2n) is 6.65. The van der Waals surface area contributed by atoms with Crippen LogP contribution in [0.3, 0.4) is 0 Å². The number of nitrogens with zero attached hydrogens (tertiary/aromatic N) is 3. The molecule has 0 aliphatic carbocycles. The third kappa shape index (κ3) is 3.68. The van der Waals surface area contributed by atoms with E-state index in [4.69, 9.17) is 4.74 Å². The van der Waals surface area contributed by atoms with Gasteiger partial charge in [0.05, 0.1) is 12.4 Å². The Labute approximate surface area is 161 Å². The summed E-state index contributed by atoms with van der Waals surface area (Å²) >= 11 is 0. The molecule has 4 rings (SSSR count). The Morgan fingerprint density at radius 2 is 1.86 bits per heavy atom. The maximum atomic E-state index is 12.3. The summed E-state index contributed by atoms with van der Waals surface area (Å²) in [5, 5.41) is 12.7. The molecule has 2 heterocycles. The highest BCUT2D eigenvalue weighted by molar-refractivity contribution is 6.02. The second kappa shape index (κ2) is 7.48. The van der Waals surface area contributed by atoms with Crippen molar-refractivity contribution in [1.29, 1.82) is 0 Å². The minimum Gasteiger partial charge on any atom is -0.437 e. The van der Waals surface area contributed by atoms with Gasteiger partial charge in [-0.2, -0.15) is 5.10 Å². The normalized spacial score (nSPS) is 11.0. The van der Waals surface area contributed by atoms with Crippen molar-refractivity contribution < 1.29 is 9.53 Å². The summed E-state index contributed by atoms with van der Waals surface area (Å²) in [5.41, 5.74) is 1.08. The molecule has 0 aliphatic rings. The number of H-pyrrole nitrogens is 1. The van der Waals surface area contributed by atoms with E-state index in [0.717, 1.165) is 16.6 Å². The molecule has 2 aromatic heterocycles. The lowest BCUT2D eigenvalue weighted by Gasteiger charge is -2.08. The molecular formula is C21H19N5O2. The van der Waals surface area contributed by atoms with Gasteiger partial charge in [0.25, 0.3) is 5.91 Å². The zero-order chi connectivity index (χ0) is 19.5. The molecule has 0 atom stereocenters. The summed E-state index contributed by atoms with van der Waals surface area (Å²) in [6, 6.07) is 14.8. The number of carbonyl (C=O) groups excluding carboxylic acids is 1. The molecule has 2 N–H and O–H groups in total. The van der Waals surface area contributed by atoms with Crippen LogP contribution >= 0.6 is 0 Å². The second-order valence-corrected chi connectivity index (χ2v) is 6.65. The van der Waals surface area contributed by atoms with Gasteiger partial charge in [0.2, 0.25) is 5.88 Å². The van der Waals surface area contributed by atoms with Crippen LogP contribution in [0.25, 0.3) is 10.8 Å². The van der Waals surface area contributed by atoms with Crippen LogP contribution < -0.4 is 10.1 Å². The van der Waals surface area contributed by atoms with Crippen LogP contribution in [0.15, 0.2) is 60.9 Å². The molecule has 0 unspecified atom stereocenters. The van der Waals surface area contributed by atoms with E-state index in [9.17, 15) is 4.79 Å². The van der Waals surface area contributed by atoms with E-state index in [1.54, 1.807) is 36.7 Å². The molecule has 140 valence electrons. The van der Waals surface area contributed by atoms with Gasteiger partial charge in [0.15, 0.2) is 0 Å². The first-order valence-electron chi connectivity index (χ1n) is 8.95. The molecule has 28 heavy (non-hydrogen) atoms. The summed E-state index contributed by atoms with van der Waals surface area (Å²) in [6.07, 6.45) is 3.24. The number of rotatable bonds is 5. The number of aromatic nitrogens is 4. The summed E-state index contributed by atoms with van der Waals surface area (Å²) in [6.45, 7) is 4.03. The van der Waals surface area contributed by atoms with E-state index < -0.39 is 0 Å². The van der Waals surface area contributed by atoms with Crippen molar-refractivity contribution in [2.75, 3.05) is 5.32 Å². The minimum atomic E-state index is -0.243. The number of ether oxygens (including phenoxy) is 1. The SMILES string of the molecule is CC(C)c1ncc(C(=O)Nc2ccc(Oc3nncc4ccccc34)cc2)[nH]1. The molecule has 0 spiro atoms. The third-order valence-corrected chi connectivity index (χ3v) is 4.25. The van der Waals surface area contributed by atoms with E-state index in [2.05, 4.69) is 25.5 Å². The van der Waals surface area contributed by atoms with Gasteiger partial charge in [0.1, 0.15) is 17.3 Å². The smallest absolute Gasteiger partial charge is 0.273 e. The minimum absolute atomic E-state index is 0.232. The van der Waals surface area contributed by atoms with Crippen molar-refractivity contribution in [3.8, 4) is 11.6 Å². The molecule has 4 aromatic rings. The molecule has 0 bridgehead atoms. The Bertz CT molecular complexity index is 1110. The van der Waals surface area contributed by atoms with Gasteiger partial charge in [-0.3, -0.25) is 4.79 Å². The number of amides is 1. The van der Waals surface area contributed by atoms with Gasteiger partial charge in [-0.05, 0) is 30.3 Å². The summed E-state index contributed by atoms with van der Waals surface area (Å²) < 4.78 is 5.86. The highest BCUT2D eigenvalue weighted by Crippen LogP contribution is 2.27. The Morgan fingerprint density at radius 1 is 1.07 bits per heavy atom. The molecular weight excluding hydrogens is 354 g/mol. The fourth-order valence-corrected chi connectivity index (χ4v) is 2.74. The van der Waals surface area contributed by atoms with Crippen molar-refractivity contribution in [2.45, 2.75) is 19.8 Å². The first-order valence-corrected chi connectivity index (χ1v) is 8.95. The predicted molar refractivity (Wildman–Crippen MR) is 107 cm³/mol. The molecule has 0 saturated carbocycles. The maximum Gasteiger partial charge on any atom is 0.273 e. The first kappa shape index (κ1) is 17.7. The van der Waals surface area contributed by atoms with Crippen molar-refractivity contribution in [2.24, 2.45) is 0 Å². The number of benzene rings is 2. The van der Waals surface area contributed by atoms with Crippen LogP contribution in [0.4, 0.5) is 5.69 Å². The van der Waals surface area contributed by atoms with Gasteiger partial charge in [-0.15, -0.1) is 5.10 Å². The number of carbonyl (C=O) groups is 1. The van der Waals surface area contributed by atoms with Gasteiger partial charge < -0.3 is 15.0 Å². The zero-order valence-electron chi connectivity index (χ0n) is 15.5. The lowest BCUT2D eigenvalue weighted by Crippen LogP contribution is -2.12. The van der Waals surface area contributed by atoms with Crippen LogP contribution in [0.1, 0.15) is 36.1 Å². The largest absolute Gasteiger partial charge is 0.437 e. The quantitative estimate of drug-likeness (QED) is 0.536. The Balaban J connectivity index is 1.47. The number of hydrogen-bond acceptors (Lipinski definition) is 5. The number of imidazole rings is 1. The van der Waals surface area contributed by atoms with Crippen LogP contribution in [0.2, 0.25) is 0 Å². The van der Waals surface area contributed by atoms with Crippen LogP contribution in [-0.4, -0.2) is 26.1 Å². The molecule has 1 amide bonds. The number of fused-ring (bicyclic) bond motifs is 1. The van der Waals surface area contributed by atoms with Crippen LogP contribution in [-0.2, 0) is 0 Å². The summed E-state index contributed by atoms with van der Waals surface area (Å²) in [7, 11) is 0. The third-order valence-electron chi connectivity index (χ3n) is 4.25. The van der Waals surface area contributed by atoms with Gasteiger partial charge in [0, 0.05) is 22.4 Å². The van der Waals surface area contributed by atoms with Crippen molar-refractivity contribution in [3.63, 3.8) is 0 Å². The Hall–Kier alpha value is -3.74. The van der Waals surface area contributed by atoms with Crippen molar-refractivity contribution in [1.82, 2.24) is 20.2 Å². The average molecular weight is 373 g/mol. The Morgan fingerprint density at radius 3 is 2.61 bits per heavy atom. The average Bonchev–Trinajstić information content (AvgIpc) is 3.21. The lowest BCUT2D eigenvalue weighted by molar-refractivity contribution is 0.102. The number of hydrogen-bond donors (Lipinski definition) is 2. The molecule has 0 fully saturated rings. The molecule has 0 saturated heterocycles. The van der Waals surface area contributed by atoms with E-state index in [1.807, 2.05) is 38.1 Å². The predicted octanol–water partition coefficient (Wildman–Crippen LogP) is 4.52. The first-order chi connectivity index (χ1) is 13.6. The van der Waals surface area contributed by atoms with Crippen LogP contribution in [0, 0.1) is 0 Å². The number of nitrogens with one attached hydrogen (secondary N) is 2. The van der Waals surface area contributed by atoms with Gasteiger partial charge >= 0.3 is 0 Å². The fraction of sp³-hybridized carbons (Fsp3) is 0.143. The van der Waals surface area contributed by atoms with Crippen molar-refractivity contribution in [3.05, 3.63) is 72.4 Å². The zero-order valence-corrected chi connectivity index (χ0v) is 15.5. The number of aromatic amines is 1. The monoisotopic (exact) mass is 373 g/mol. The van der Waals surface area contributed by atoms with Crippen LogP contribution in [0.5, 0.6) is 11.6 Å². The van der Waals surface area contributed by atoms with E-state index in [1.165, 1.54) is 0 Å². The fourth-order valence-electron chi connectivity index (χ4n) is 2.74. The van der Waals surface area contributed by atoms with E-state index in [-0.39, 0.29) is 11.8 Å². The Kier molecular flexibility index (Phi) is 4.72. The standard InChI is InChI=1S/C21H19N5O2/c1-13(2)19-22-12-18(25-19)20(27)24-15-7-9-16(10-8-15)28-21-17-6-4-3-5-14(17)11-23-26-21/h3-13H,1-2H3,(H,22,25)(H,24,27). The van der Waals surface area contributed by atoms with E-state index in [0.29, 0.717) is 23.0 Å². The summed E-state index contributed by atoms with van der Waals surface area (Å²) in [4.78, 5) is 19.6. The molecule has 0 radical (unpaired) electrons.